The summed E-state index contributed by atoms with van der Waals surface area (Å²) in [6.45, 7) is 3.94. The minimum Gasteiger partial charge on any atom is -0.497 e. The van der Waals surface area contributed by atoms with Crippen molar-refractivity contribution in [1.82, 2.24) is 4.90 Å². The summed E-state index contributed by atoms with van der Waals surface area (Å²) in [5.41, 5.74) is 1.86. The fourth-order valence-electron chi connectivity index (χ4n) is 2.99. The van der Waals surface area contributed by atoms with Gasteiger partial charge in [-0.15, -0.1) is 0 Å². The van der Waals surface area contributed by atoms with Gasteiger partial charge in [-0.25, -0.2) is 4.39 Å². The van der Waals surface area contributed by atoms with Crippen LogP contribution in [0.1, 0.15) is 12.5 Å². The van der Waals surface area contributed by atoms with E-state index >= 15 is 0 Å². The fraction of sp³-hybridized carbons (Fsp3) is 0.316. The van der Waals surface area contributed by atoms with Crippen LogP contribution in [-0.4, -0.2) is 37.0 Å². The first-order valence-electron chi connectivity index (χ1n) is 8.02. The summed E-state index contributed by atoms with van der Waals surface area (Å²) >= 11 is 0. The number of halogens is 1. The van der Waals surface area contributed by atoms with E-state index in [-0.39, 0.29) is 17.8 Å². The van der Waals surface area contributed by atoms with Crippen molar-refractivity contribution in [2.24, 2.45) is 0 Å². The fourth-order valence-corrected chi connectivity index (χ4v) is 2.99. The second kappa shape index (κ2) is 7.01. The first-order valence-corrected chi connectivity index (χ1v) is 8.02. The maximum Gasteiger partial charge on any atom is 0.244 e. The molecule has 0 aliphatic carbocycles. The Labute approximate surface area is 141 Å². The third-order valence-corrected chi connectivity index (χ3v) is 4.45. The molecule has 0 saturated carbocycles. The highest BCUT2D eigenvalue weighted by Crippen LogP contribution is 2.25. The molecule has 1 fully saturated rings. The van der Waals surface area contributed by atoms with Crippen LogP contribution in [0.15, 0.2) is 48.5 Å². The average molecular weight is 328 g/mol. The van der Waals surface area contributed by atoms with E-state index in [0.29, 0.717) is 13.1 Å². The number of amides is 1. The Hall–Kier alpha value is -2.40. The predicted molar refractivity (Wildman–Crippen MR) is 91.6 cm³/mol. The molecular formula is C19H21FN2O2. The van der Waals surface area contributed by atoms with E-state index in [4.69, 9.17) is 4.74 Å². The Kier molecular flexibility index (Phi) is 4.81. The van der Waals surface area contributed by atoms with Gasteiger partial charge in [-0.3, -0.25) is 9.69 Å². The number of carbonyl (C=O) groups excluding carboxylic acids is 1. The van der Waals surface area contributed by atoms with Crippen molar-refractivity contribution in [1.29, 1.82) is 0 Å². The van der Waals surface area contributed by atoms with Crippen LogP contribution in [0.3, 0.4) is 0 Å². The highest BCUT2D eigenvalue weighted by atomic mass is 19.1. The van der Waals surface area contributed by atoms with Gasteiger partial charge in [0.15, 0.2) is 0 Å². The molecule has 2 aromatic rings. The number of ether oxygens (including phenoxy) is 1. The summed E-state index contributed by atoms with van der Waals surface area (Å²) < 4.78 is 18.3. The molecule has 1 heterocycles. The minimum absolute atomic E-state index is 0.0663. The summed E-state index contributed by atoms with van der Waals surface area (Å²) in [4.78, 5) is 16.7. The molecule has 1 saturated heterocycles. The molecule has 2 aromatic carbocycles. The quantitative estimate of drug-likeness (QED) is 0.865. The zero-order valence-electron chi connectivity index (χ0n) is 13.9. The average Bonchev–Trinajstić information content (AvgIpc) is 2.61. The van der Waals surface area contributed by atoms with Crippen LogP contribution < -0.4 is 9.64 Å². The van der Waals surface area contributed by atoms with E-state index in [9.17, 15) is 9.18 Å². The molecule has 5 heteroatoms. The van der Waals surface area contributed by atoms with Crippen molar-refractivity contribution in [2.45, 2.75) is 19.5 Å². The third kappa shape index (κ3) is 3.41. The molecule has 0 N–H and O–H groups in total. The molecule has 3 rings (SSSR count). The molecule has 1 atom stereocenters. The zero-order valence-corrected chi connectivity index (χ0v) is 13.9. The number of benzene rings is 2. The SMILES string of the molecule is COc1cccc(N2CCN(Cc3ccc(F)cc3)[C@@H](C)C2=O)c1. The van der Waals surface area contributed by atoms with Gasteiger partial charge in [-0.1, -0.05) is 18.2 Å². The minimum atomic E-state index is -0.245. The monoisotopic (exact) mass is 328 g/mol. The molecule has 126 valence electrons. The highest BCUT2D eigenvalue weighted by Gasteiger charge is 2.32. The van der Waals surface area contributed by atoms with E-state index in [2.05, 4.69) is 4.90 Å². The van der Waals surface area contributed by atoms with Crippen LogP contribution >= 0.6 is 0 Å². The molecule has 0 unspecified atom stereocenters. The number of hydrogen-bond donors (Lipinski definition) is 0. The van der Waals surface area contributed by atoms with Crippen molar-refractivity contribution in [2.75, 3.05) is 25.1 Å². The number of hydrogen-bond acceptors (Lipinski definition) is 3. The van der Waals surface area contributed by atoms with Crippen LogP contribution in [0, 0.1) is 5.82 Å². The molecule has 24 heavy (non-hydrogen) atoms. The van der Waals surface area contributed by atoms with E-state index in [1.54, 1.807) is 24.1 Å². The lowest BCUT2D eigenvalue weighted by molar-refractivity contribution is -0.125. The summed E-state index contributed by atoms with van der Waals surface area (Å²) in [5, 5.41) is 0. The van der Waals surface area contributed by atoms with E-state index < -0.39 is 0 Å². The van der Waals surface area contributed by atoms with Gasteiger partial charge in [-0.2, -0.15) is 0 Å². The number of anilines is 1. The zero-order chi connectivity index (χ0) is 17.1. The molecule has 0 spiro atoms. The predicted octanol–water partition coefficient (Wildman–Crippen LogP) is 3.07. The summed E-state index contributed by atoms with van der Waals surface area (Å²) in [6, 6.07) is 13.8. The van der Waals surface area contributed by atoms with Crippen molar-refractivity contribution < 1.29 is 13.9 Å². The van der Waals surface area contributed by atoms with Crippen molar-refractivity contribution in [3.63, 3.8) is 0 Å². The van der Waals surface area contributed by atoms with Crippen LogP contribution in [0.2, 0.25) is 0 Å². The second-order valence-corrected chi connectivity index (χ2v) is 5.96. The molecular weight excluding hydrogens is 307 g/mol. The third-order valence-electron chi connectivity index (χ3n) is 4.45. The lowest BCUT2D eigenvalue weighted by Crippen LogP contribution is -2.55. The first kappa shape index (κ1) is 16.5. The summed E-state index contributed by atoms with van der Waals surface area (Å²) in [6.07, 6.45) is 0. The number of nitrogens with zero attached hydrogens (tertiary/aromatic N) is 2. The van der Waals surface area contributed by atoms with Crippen LogP contribution in [0.4, 0.5) is 10.1 Å². The topological polar surface area (TPSA) is 32.8 Å². The summed E-state index contributed by atoms with van der Waals surface area (Å²) in [7, 11) is 1.62. The molecule has 1 aliphatic rings. The lowest BCUT2D eigenvalue weighted by atomic mass is 10.1. The molecule has 4 nitrogen and oxygen atoms in total. The maximum absolute atomic E-state index is 13.0. The number of rotatable bonds is 4. The van der Waals surface area contributed by atoms with Gasteiger partial charge in [0.2, 0.25) is 5.91 Å². The Morgan fingerprint density at radius 1 is 1.17 bits per heavy atom. The highest BCUT2D eigenvalue weighted by molar-refractivity contribution is 5.97. The van der Waals surface area contributed by atoms with Gasteiger partial charge in [-0.05, 0) is 36.8 Å². The molecule has 1 aliphatic heterocycles. The van der Waals surface area contributed by atoms with Gasteiger partial charge in [0.05, 0.1) is 13.2 Å². The van der Waals surface area contributed by atoms with Gasteiger partial charge in [0.25, 0.3) is 0 Å². The molecule has 1 amide bonds. The standard InChI is InChI=1S/C19H21FN2O2/c1-14-19(23)22(17-4-3-5-18(12-17)24-2)11-10-21(14)13-15-6-8-16(20)9-7-15/h3-9,12,14H,10-11,13H2,1-2H3/t14-/m0/s1. The second-order valence-electron chi connectivity index (χ2n) is 5.96. The number of piperazine rings is 1. The largest absolute Gasteiger partial charge is 0.497 e. The lowest BCUT2D eigenvalue weighted by Gasteiger charge is -2.39. The van der Waals surface area contributed by atoms with E-state index in [1.165, 1.54) is 12.1 Å². The number of carbonyl (C=O) groups is 1. The molecule has 0 aromatic heterocycles. The van der Waals surface area contributed by atoms with Gasteiger partial charge >= 0.3 is 0 Å². The number of methoxy groups -OCH3 is 1. The Morgan fingerprint density at radius 3 is 2.62 bits per heavy atom. The normalized spacial score (nSPS) is 18.7. The van der Waals surface area contributed by atoms with Crippen LogP contribution in [-0.2, 0) is 11.3 Å². The van der Waals surface area contributed by atoms with Gasteiger partial charge in [0.1, 0.15) is 11.6 Å². The van der Waals surface area contributed by atoms with Crippen LogP contribution in [0.5, 0.6) is 5.75 Å². The van der Waals surface area contributed by atoms with Gasteiger partial charge < -0.3 is 9.64 Å². The maximum atomic E-state index is 13.0. The Morgan fingerprint density at radius 2 is 1.92 bits per heavy atom. The van der Waals surface area contributed by atoms with E-state index in [1.807, 2.05) is 31.2 Å². The Bertz CT molecular complexity index is 718. The molecule has 0 radical (unpaired) electrons. The first-order chi connectivity index (χ1) is 11.6. The van der Waals surface area contributed by atoms with Crippen LogP contribution in [0.25, 0.3) is 0 Å². The Balaban J connectivity index is 1.72. The molecule has 0 bridgehead atoms. The van der Waals surface area contributed by atoms with Gasteiger partial charge in [0, 0.05) is 31.4 Å². The van der Waals surface area contributed by atoms with Crippen molar-refractivity contribution in [3.8, 4) is 5.75 Å². The van der Waals surface area contributed by atoms with Crippen molar-refractivity contribution >= 4 is 11.6 Å². The summed E-state index contributed by atoms with van der Waals surface area (Å²) in [5.74, 6) is 0.559. The smallest absolute Gasteiger partial charge is 0.244 e. The van der Waals surface area contributed by atoms with E-state index in [0.717, 1.165) is 23.5 Å². The van der Waals surface area contributed by atoms with Crippen molar-refractivity contribution in [3.05, 3.63) is 59.9 Å².